The minimum Gasteiger partial charge on any atom is -0.368 e. The molecule has 0 unspecified atom stereocenters. The van der Waals surface area contributed by atoms with Gasteiger partial charge < -0.3 is 9.80 Å². The van der Waals surface area contributed by atoms with Crippen molar-refractivity contribution in [3.05, 3.63) is 59.1 Å². The van der Waals surface area contributed by atoms with Gasteiger partial charge in [-0.05, 0) is 42.3 Å². The van der Waals surface area contributed by atoms with Crippen molar-refractivity contribution in [1.29, 1.82) is 0 Å². The maximum atomic E-state index is 12.8. The van der Waals surface area contributed by atoms with E-state index in [0.717, 1.165) is 23.9 Å². The largest absolute Gasteiger partial charge is 0.368 e. The Bertz CT molecular complexity index is 955. The van der Waals surface area contributed by atoms with Crippen LogP contribution in [0.1, 0.15) is 12.5 Å². The molecule has 29 heavy (non-hydrogen) atoms. The quantitative estimate of drug-likeness (QED) is 0.699. The minimum absolute atomic E-state index is 0.193. The zero-order valence-electron chi connectivity index (χ0n) is 16.7. The van der Waals surface area contributed by atoms with E-state index in [0.29, 0.717) is 36.9 Å². The van der Waals surface area contributed by atoms with E-state index in [-0.39, 0.29) is 12.5 Å². The molecule has 0 atom stereocenters. The number of carbonyl (C=O) groups excluding carboxylic acids is 1. The Morgan fingerprint density at radius 3 is 2.28 bits per heavy atom. The maximum Gasteiger partial charge on any atom is 0.243 e. The van der Waals surface area contributed by atoms with Crippen molar-refractivity contribution in [2.45, 2.75) is 13.3 Å². The Balaban J connectivity index is 1.66. The number of piperazine rings is 1. The van der Waals surface area contributed by atoms with Gasteiger partial charge in [0.2, 0.25) is 15.9 Å². The molecule has 2 aromatic rings. The molecule has 1 heterocycles. The third kappa shape index (κ3) is 5.42. The zero-order chi connectivity index (χ0) is 21.0. The summed E-state index contributed by atoms with van der Waals surface area (Å²) in [6, 6.07) is 14.9. The van der Waals surface area contributed by atoms with Crippen LogP contribution < -0.4 is 9.21 Å². The van der Waals surface area contributed by atoms with Gasteiger partial charge >= 0.3 is 0 Å². The summed E-state index contributed by atoms with van der Waals surface area (Å²) < 4.78 is 25.8. The number of amides is 1. The van der Waals surface area contributed by atoms with Crippen molar-refractivity contribution in [2.24, 2.45) is 0 Å². The lowest BCUT2D eigenvalue weighted by Gasteiger charge is -2.37. The summed E-state index contributed by atoms with van der Waals surface area (Å²) in [4.78, 5) is 16.7. The lowest BCUT2D eigenvalue weighted by atomic mass is 10.1. The highest BCUT2D eigenvalue weighted by atomic mass is 35.5. The molecule has 0 radical (unpaired) electrons. The number of rotatable bonds is 6. The van der Waals surface area contributed by atoms with Crippen molar-refractivity contribution in [1.82, 2.24) is 4.90 Å². The van der Waals surface area contributed by atoms with Crippen LogP contribution in [0.4, 0.5) is 11.4 Å². The summed E-state index contributed by atoms with van der Waals surface area (Å²) in [6.07, 6.45) is 2.00. The summed E-state index contributed by atoms with van der Waals surface area (Å²) in [5.41, 5.74) is 2.65. The van der Waals surface area contributed by atoms with Gasteiger partial charge in [-0.1, -0.05) is 36.7 Å². The number of carbonyl (C=O) groups is 1. The van der Waals surface area contributed by atoms with Crippen LogP contribution in [0, 0.1) is 0 Å². The van der Waals surface area contributed by atoms with E-state index < -0.39 is 10.0 Å². The third-order valence-corrected chi connectivity index (χ3v) is 6.49. The molecule has 1 aliphatic heterocycles. The number of nitrogens with zero attached hydrogens (tertiary/aromatic N) is 3. The van der Waals surface area contributed by atoms with E-state index in [2.05, 4.69) is 4.90 Å². The van der Waals surface area contributed by atoms with Crippen molar-refractivity contribution < 1.29 is 13.2 Å². The molecule has 6 nitrogen and oxygen atoms in total. The van der Waals surface area contributed by atoms with Crippen LogP contribution in [0.25, 0.3) is 0 Å². The molecular formula is C21H26ClN3O3S. The Kier molecular flexibility index (Phi) is 6.70. The predicted molar refractivity (Wildman–Crippen MR) is 118 cm³/mol. The van der Waals surface area contributed by atoms with Gasteiger partial charge in [0.25, 0.3) is 0 Å². The van der Waals surface area contributed by atoms with E-state index in [1.807, 2.05) is 43.3 Å². The second kappa shape index (κ2) is 9.05. The first-order valence-electron chi connectivity index (χ1n) is 9.63. The van der Waals surface area contributed by atoms with Gasteiger partial charge in [-0.15, -0.1) is 0 Å². The Morgan fingerprint density at radius 1 is 1.07 bits per heavy atom. The molecule has 1 fully saturated rings. The normalized spacial score (nSPS) is 14.7. The maximum absolute atomic E-state index is 12.8. The highest BCUT2D eigenvalue weighted by Crippen LogP contribution is 2.22. The molecule has 1 amide bonds. The number of anilines is 2. The highest BCUT2D eigenvalue weighted by Gasteiger charge is 2.26. The van der Waals surface area contributed by atoms with Crippen molar-refractivity contribution in [3.8, 4) is 0 Å². The predicted octanol–water partition coefficient (Wildman–Crippen LogP) is 3.02. The van der Waals surface area contributed by atoms with E-state index >= 15 is 0 Å². The van der Waals surface area contributed by atoms with Crippen molar-refractivity contribution >= 4 is 38.9 Å². The number of sulfonamides is 1. The molecule has 1 aliphatic rings. The molecule has 0 aliphatic carbocycles. The van der Waals surface area contributed by atoms with Crippen LogP contribution in [0.3, 0.4) is 0 Å². The number of hydrogen-bond donors (Lipinski definition) is 0. The third-order valence-electron chi connectivity index (χ3n) is 5.12. The van der Waals surface area contributed by atoms with Gasteiger partial charge in [0.15, 0.2) is 0 Å². The first-order chi connectivity index (χ1) is 13.8. The molecule has 156 valence electrons. The van der Waals surface area contributed by atoms with E-state index in [1.54, 1.807) is 17.0 Å². The van der Waals surface area contributed by atoms with Gasteiger partial charge in [-0.3, -0.25) is 9.10 Å². The van der Waals surface area contributed by atoms with Gasteiger partial charge in [-0.2, -0.15) is 0 Å². The molecule has 0 aromatic heterocycles. The van der Waals surface area contributed by atoms with E-state index in [9.17, 15) is 13.2 Å². The van der Waals surface area contributed by atoms with Crippen LogP contribution in [-0.2, 0) is 21.2 Å². The molecule has 2 aromatic carbocycles. The average Bonchev–Trinajstić information content (AvgIpc) is 2.71. The number of benzene rings is 2. The van der Waals surface area contributed by atoms with Crippen molar-refractivity contribution in [3.63, 3.8) is 0 Å². The summed E-state index contributed by atoms with van der Waals surface area (Å²) in [7, 11) is -3.57. The molecule has 8 heteroatoms. The number of aryl methyl sites for hydroxylation is 1. The Hall–Kier alpha value is -2.25. The Morgan fingerprint density at radius 2 is 1.72 bits per heavy atom. The summed E-state index contributed by atoms with van der Waals surface area (Å²) in [5.74, 6) is -0.194. The van der Waals surface area contributed by atoms with Crippen LogP contribution in [0.5, 0.6) is 0 Å². The molecule has 0 spiro atoms. The van der Waals surface area contributed by atoms with Crippen LogP contribution in [0.2, 0.25) is 5.02 Å². The molecule has 0 N–H and O–H groups in total. The monoisotopic (exact) mass is 435 g/mol. The fraction of sp³-hybridized carbons (Fsp3) is 0.381. The topological polar surface area (TPSA) is 60.9 Å². The molecule has 0 saturated carbocycles. The minimum atomic E-state index is -3.57. The number of hydrogen-bond acceptors (Lipinski definition) is 4. The molecule has 0 bridgehead atoms. The summed E-state index contributed by atoms with van der Waals surface area (Å²) >= 11 is 6.07. The van der Waals surface area contributed by atoms with Gasteiger partial charge in [0.1, 0.15) is 6.54 Å². The Labute approximate surface area is 177 Å². The highest BCUT2D eigenvalue weighted by molar-refractivity contribution is 7.92. The average molecular weight is 436 g/mol. The molecule has 1 saturated heterocycles. The van der Waals surface area contributed by atoms with Crippen LogP contribution in [-0.4, -0.2) is 58.2 Å². The first kappa shape index (κ1) is 21.5. The SMILES string of the molecule is CCc1ccc(N(CC(=O)N2CCN(c3cccc(Cl)c3)CC2)S(C)(=O)=O)cc1. The van der Waals surface area contributed by atoms with E-state index in [4.69, 9.17) is 11.6 Å². The second-order valence-corrected chi connectivity index (χ2v) is 9.48. The lowest BCUT2D eigenvalue weighted by molar-refractivity contribution is -0.129. The smallest absolute Gasteiger partial charge is 0.243 e. The van der Waals surface area contributed by atoms with Crippen molar-refractivity contribution in [2.75, 3.05) is 48.2 Å². The summed E-state index contributed by atoms with van der Waals surface area (Å²) in [5, 5.41) is 0.680. The van der Waals surface area contributed by atoms with E-state index in [1.165, 1.54) is 4.31 Å². The van der Waals surface area contributed by atoms with Gasteiger partial charge in [0, 0.05) is 36.9 Å². The van der Waals surface area contributed by atoms with Gasteiger partial charge in [-0.25, -0.2) is 8.42 Å². The standard InChI is InChI=1S/C21H26ClN3O3S/c1-3-17-7-9-19(10-8-17)25(29(2,27)28)16-21(26)24-13-11-23(12-14-24)20-6-4-5-18(22)15-20/h4-10,15H,3,11-14,16H2,1-2H3. The zero-order valence-corrected chi connectivity index (χ0v) is 18.3. The molecular weight excluding hydrogens is 410 g/mol. The first-order valence-corrected chi connectivity index (χ1v) is 11.9. The number of halogens is 1. The molecule has 3 rings (SSSR count). The van der Waals surface area contributed by atoms with Gasteiger partial charge in [0.05, 0.1) is 11.9 Å². The fourth-order valence-corrected chi connectivity index (χ4v) is 4.44. The fourth-order valence-electron chi connectivity index (χ4n) is 3.41. The summed E-state index contributed by atoms with van der Waals surface area (Å²) in [6.45, 7) is 4.28. The lowest BCUT2D eigenvalue weighted by Crippen LogP contribution is -2.52. The second-order valence-electron chi connectivity index (χ2n) is 7.14. The van der Waals surface area contributed by atoms with Crippen LogP contribution >= 0.6 is 11.6 Å². The van der Waals surface area contributed by atoms with Crippen LogP contribution in [0.15, 0.2) is 48.5 Å².